The van der Waals surface area contributed by atoms with Crippen LogP contribution in [0.1, 0.15) is 37.3 Å². The Hall–Kier alpha value is -3.59. The molecule has 0 bridgehead atoms. The average molecular weight is 496 g/mol. The van der Waals surface area contributed by atoms with Crippen LogP contribution in [0.4, 0.5) is 4.79 Å². The van der Waals surface area contributed by atoms with Crippen molar-refractivity contribution in [3.05, 3.63) is 65.7 Å². The van der Waals surface area contributed by atoms with Crippen LogP contribution in [0.2, 0.25) is 0 Å². The zero-order chi connectivity index (χ0) is 25.9. The van der Waals surface area contributed by atoms with Gasteiger partial charge in [-0.1, -0.05) is 62.2 Å². The third kappa shape index (κ3) is 7.45. The number of carbonyl (C=O) groups is 3. The molecule has 0 radical (unpaired) electrons. The Kier molecular flexibility index (Phi) is 10.1. The molecule has 36 heavy (non-hydrogen) atoms. The number of benzene rings is 2. The molecule has 1 aliphatic rings. The zero-order valence-electron chi connectivity index (χ0n) is 21.4. The van der Waals surface area contributed by atoms with Gasteiger partial charge in [0.25, 0.3) is 0 Å². The molecule has 2 N–H and O–H groups in total. The van der Waals surface area contributed by atoms with Gasteiger partial charge < -0.3 is 20.3 Å². The highest BCUT2D eigenvalue weighted by atomic mass is 16.5. The molecule has 3 rings (SSSR count). The smallest absolute Gasteiger partial charge is 0.332 e. The average Bonchev–Trinajstić information content (AvgIpc) is 2.89. The number of nitrogens with one attached hydrogen (secondary N) is 2. The van der Waals surface area contributed by atoms with Crippen LogP contribution >= 0.6 is 0 Å². The van der Waals surface area contributed by atoms with E-state index in [-0.39, 0.29) is 18.4 Å². The van der Waals surface area contributed by atoms with Gasteiger partial charge in [0.05, 0.1) is 13.7 Å². The molecule has 0 aliphatic carbocycles. The van der Waals surface area contributed by atoms with E-state index in [9.17, 15) is 14.4 Å². The summed E-state index contributed by atoms with van der Waals surface area (Å²) >= 11 is 0. The first-order valence-electron chi connectivity index (χ1n) is 12.4. The second-order valence-corrected chi connectivity index (χ2v) is 8.92. The van der Waals surface area contributed by atoms with Crippen molar-refractivity contribution in [1.29, 1.82) is 0 Å². The van der Waals surface area contributed by atoms with E-state index < -0.39 is 12.1 Å². The number of amides is 4. The number of likely N-dealkylation sites (N-methyl/N-ethyl adjacent to an activating group) is 1. The van der Waals surface area contributed by atoms with Gasteiger partial charge in [0.2, 0.25) is 11.8 Å². The number of hydrogen-bond donors (Lipinski definition) is 2. The van der Waals surface area contributed by atoms with Crippen LogP contribution in [0.25, 0.3) is 0 Å². The molecular weight excluding hydrogens is 458 g/mol. The molecule has 1 atom stereocenters. The summed E-state index contributed by atoms with van der Waals surface area (Å²) in [5.41, 5.74) is 1.89. The predicted octanol–water partition coefficient (Wildman–Crippen LogP) is 2.77. The molecule has 4 amide bonds. The topological polar surface area (TPSA) is 94.2 Å². The van der Waals surface area contributed by atoms with E-state index in [2.05, 4.69) is 17.6 Å². The molecule has 1 saturated heterocycles. The predicted molar refractivity (Wildman–Crippen MR) is 138 cm³/mol. The normalized spacial score (nSPS) is 17.5. The summed E-state index contributed by atoms with van der Waals surface area (Å²) in [4.78, 5) is 41.7. The number of hydrazine groups is 1. The maximum atomic E-state index is 14.0. The quantitative estimate of drug-likeness (QED) is 0.587. The Morgan fingerprint density at radius 2 is 1.81 bits per heavy atom. The summed E-state index contributed by atoms with van der Waals surface area (Å²) in [5.74, 6) is 0.394. The van der Waals surface area contributed by atoms with Gasteiger partial charge >= 0.3 is 6.03 Å². The standard InChI is InChI=1S/C27H37N5O4/c1-4-5-11-24-26(34)31(19-22-12-14-23(36-3)15-13-22)17-16-28-25(33)20-30(2)32(24)27(35)29-18-21-9-7-6-8-10-21/h6-10,12-15,24H,4-5,11,16-20H2,1-3H3,(H,28,33)(H,29,35)/t24-/m0/s1. The molecule has 1 aliphatic heterocycles. The lowest BCUT2D eigenvalue weighted by atomic mass is 10.1. The highest BCUT2D eigenvalue weighted by Crippen LogP contribution is 2.19. The lowest BCUT2D eigenvalue weighted by molar-refractivity contribution is -0.146. The SMILES string of the molecule is CCCC[C@H]1C(=O)N(Cc2ccc(OC)cc2)CCNC(=O)CN(C)N1C(=O)NCc1ccccc1. The van der Waals surface area contributed by atoms with E-state index >= 15 is 0 Å². The molecule has 0 aromatic heterocycles. The van der Waals surface area contributed by atoms with Gasteiger partial charge in [-0.15, -0.1) is 0 Å². The molecule has 9 heteroatoms. The summed E-state index contributed by atoms with van der Waals surface area (Å²) in [6.45, 7) is 3.41. The highest BCUT2D eigenvalue weighted by molar-refractivity contribution is 5.87. The fourth-order valence-electron chi connectivity index (χ4n) is 4.24. The number of methoxy groups -OCH3 is 1. The first-order valence-corrected chi connectivity index (χ1v) is 12.4. The number of rotatable bonds is 8. The van der Waals surface area contributed by atoms with E-state index in [1.165, 1.54) is 5.01 Å². The second-order valence-electron chi connectivity index (χ2n) is 8.92. The largest absolute Gasteiger partial charge is 0.497 e. The number of nitrogens with zero attached hydrogens (tertiary/aromatic N) is 3. The highest BCUT2D eigenvalue weighted by Gasteiger charge is 2.36. The number of unbranched alkanes of at least 4 members (excludes halogenated alkanes) is 1. The molecule has 194 valence electrons. The lowest BCUT2D eigenvalue weighted by Gasteiger charge is -2.40. The van der Waals surface area contributed by atoms with Crippen molar-refractivity contribution in [2.75, 3.05) is 33.8 Å². The fraction of sp³-hybridized carbons (Fsp3) is 0.444. The van der Waals surface area contributed by atoms with E-state index in [0.717, 1.165) is 29.7 Å². The monoisotopic (exact) mass is 495 g/mol. The summed E-state index contributed by atoms with van der Waals surface area (Å²) in [5, 5.41) is 8.76. The Morgan fingerprint density at radius 1 is 1.08 bits per heavy atom. The van der Waals surface area contributed by atoms with Crippen molar-refractivity contribution >= 4 is 17.8 Å². The van der Waals surface area contributed by atoms with Crippen molar-refractivity contribution in [1.82, 2.24) is 25.6 Å². The van der Waals surface area contributed by atoms with Crippen LogP contribution in [0.3, 0.4) is 0 Å². The van der Waals surface area contributed by atoms with Gasteiger partial charge in [-0.25, -0.2) is 14.8 Å². The van der Waals surface area contributed by atoms with Gasteiger partial charge in [0.15, 0.2) is 0 Å². The summed E-state index contributed by atoms with van der Waals surface area (Å²) in [7, 11) is 3.28. The Morgan fingerprint density at radius 3 is 2.47 bits per heavy atom. The maximum Gasteiger partial charge on any atom is 0.332 e. The first-order chi connectivity index (χ1) is 17.4. The molecule has 0 spiro atoms. The van der Waals surface area contributed by atoms with Crippen LogP contribution in [0.15, 0.2) is 54.6 Å². The fourth-order valence-corrected chi connectivity index (χ4v) is 4.24. The number of urea groups is 1. The van der Waals surface area contributed by atoms with Gasteiger partial charge in [-0.3, -0.25) is 9.59 Å². The molecule has 1 heterocycles. The number of ether oxygens (including phenoxy) is 1. The lowest BCUT2D eigenvalue weighted by Crippen LogP contribution is -2.62. The second kappa shape index (κ2) is 13.5. The van der Waals surface area contributed by atoms with E-state index in [1.807, 2.05) is 54.6 Å². The van der Waals surface area contributed by atoms with Gasteiger partial charge in [0.1, 0.15) is 11.8 Å². The van der Waals surface area contributed by atoms with E-state index in [1.54, 1.807) is 24.1 Å². The molecular formula is C27H37N5O4. The van der Waals surface area contributed by atoms with Crippen molar-refractivity contribution in [3.63, 3.8) is 0 Å². The summed E-state index contributed by atoms with van der Waals surface area (Å²) < 4.78 is 5.24. The Bertz CT molecular complexity index is 999. The van der Waals surface area contributed by atoms with Crippen molar-refractivity contribution < 1.29 is 19.1 Å². The van der Waals surface area contributed by atoms with Gasteiger partial charge in [-0.2, -0.15) is 0 Å². The van der Waals surface area contributed by atoms with Crippen LogP contribution in [-0.2, 0) is 22.7 Å². The van der Waals surface area contributed by atoms with Crippen molar-refractivity contribution in [2.45, 2.75) is 45.3 Å². The minimum absolute atomic E-state index is 0.0207. The third-order valence-corrected chi connectivity index (χ3v) is 6.19. The molecule has 9 nitrogen and oxygen atoms in total. The van der Waals surface area contributed by atoms with E-state index in [4.69, 9.17) is 4.74 Å². The van der Waals surface area contributed by atoms with Crippen molar-refractivity contribution in [2.24, 2.45) is 0 Å². The van der Waals surface area contributed by atoms with Crippen LogP contribution in [-0.4, -0.2) is 72.6 Å². The molecule has 2 aromatic rings. The van der Waals surface area contributed by atoms with Crippen LogP contribution in [0.5, 0.6) is 5.75 Å². The maximum absolute atomic E-state index is 14.0. The zero-order valence-corrected chi connectivity index (χ0v) is 21.4. The third-order valence-electron chi connectivity index (χ3n) is 6.19. The molecule has 0 saturated carbocycles. The summed E-state index contributed by atoms with van der Waals surface area (Å²) in [6, 6.07) is 16.0. The number of carbonyl (C=O) groups excluding carboxylic acids is 3. The molecule has 1 fully saturated rings. The molecule has 0 unspecified atom stereocenters. The molecule has 2 aromatic carbocycles. The first kappa shape index (κ1) is 27.0. The summed E-state index contributed by atoms with van der Waals surface area (Å²) in [6.07, 6.45) is 2.15. The van der Waals surface area contributed by atoms with E-state index in [0.29, 0.717) is 32.6 Å². The minimum atomic E-state index is -0.727. The van der Waals surface area contributed by atoms with Crippen LogP contribution in [0, 0.1) is 0 Å². The van der Waals surface area contributed by atoms with Gasteiger partial charge in [0, 0.05) is 33.2 Å². The van der Waals surface area contributed by atoms with Gasteiger partial charge in [-0.05, 0) is 29.7 Å². The van der Waals surface area contributed by atoms with Crippen LogP contribution < -0.4 is 15.4 Å². The van der Waals surface area contributed by atoms with Crippen molar-refractivity contribution in [3.8, 4) is 5.75 Å². The minimum Gasteiger partial charge on any atom is -0.497 e. The number of hydrogen-bond acceptors (Lipinski definition) is 5. The Balaban J connectivity index is 1.88. The Labute approximate surface area is 213 Å².